The Balaban J connectivity index is 1.24. The Morgan fingerprint density at radius 1 is 0.576 bits per heavy atom. The standard InChI is InChI=1S/C80H116N20O18/c1-6-46(4)69-78(116)98-61(35-63(84)103)72(110)89-40-66(106)88-42-68(108)118-47(5)70(79(117)99-69)91-43-80(44-101,37-50-39-87-55-21-13-11-19-53(50)55)100-77(115)58(24-16-32-83)92-67(107)41-90-71(109)56(22-14-30-81)94-73(111)57(23-15-31-82)95-75(113)60(34-49-38-86-54-20-12-10-18-52(49)54)97-74(112)59(33-48-26-28-51(102)29-27-48)96-76(114)62(36-64(85)104)93-65(105)25-9-7-8-17-45(2)3/h10-13,18-21,26-29,38-39,44-47,56-62,69-70,86-87,91,102H,6-9,14-17,22-25,30-37,40-43,81-83H2,1-5H3,(H2,84,103)(H2,85,104)(H,88,106)(H,89,110)(H,90,109)(H,92,107)(H,93,105)(H,94,111)(H,95,113)(H,96,114)(H,97,112)(H,98,116)(H,99,117)(H,100,115)/t46-,47+,56-,57+,58+,59+,60+,61-,62+,69-,70-,80?/m0/s1. The maximum absolute atomic E-state index is 15.0. The van der Waals surface area contributed by atoms with Crippen molar-refractivity contribution in [2.24, 2.45) is 40.5 Å². The van der Waals surface area contributed by atoms with Crippen molar-refractivity contribution in [1.82, 2.24) is 79.1 Å². The normalized spacial score (nSPS) is 17.8. The van der Waals surface area contributed by atoms with Gasteiger partial charge in [0.25, 0.3) is 0 Å². The number of aromatic hydroxyl groups is 1. The second kappa shape index (κ2) is 48.0. The molecule has 1 unspecified atom stereocenters. The van der Waals surface area contributed by atoms with E-state index in [-0.39, 0.29) is 96.0 Å². The van der Waals surface area contributed by atoms with Crippen molar-refractivity contribution >= 4 is 117 Å². The van der Waals surface area contributed by atoms with Crippen molar-refractivity contribution in [2.75, 3.05) is 45.8 Å². The third-order valence-electron chi connectivity index (χ3n) is 20.1. The van der Waals surface area contributed by atoms with Crippen LogP contribution in [0.5, 0.6) is 5.75 Å². The Hall–Kier alpha value is -11.9. The first-order valence-electron chi connectivity index (χ1n) is 39.8. The summed E-state index contributed by atoms with van der Waals surface area (Å²) in [6.45, 7) is 5.91. The minimum Gasteiger partial charge on any atom is -0.508 e. The number of carbonyl (C=O) groups excluding carboxylic acids is 16. The first kappa shape index (κ1) is 94.9. The van der Waals surface area contributed by atoms with Crippen LogP contribution in [0.2, 0.25) is 0 Å². The maximum atomic E-state index is 15.0. The number of primary amides is 2. The number of phenols is 1. The van der Waals surface area contributed by atoms with E-state index >= 15 is 4.79 Å². The van der Waals surface area contributed by atoms with E-state index < -0.39 is 200 Å². The molecule has 0 spiro atoms. The van der Waals surface area contributed by atoms with Gasteiger partial charge in [0.05, 0.1) is 25.9 Å². The number of para-hydroxylation sites is 2. The van der Waals surface area contributed by atoms with Gasteiger partial charge in [-0.3, -0.25) is 77.2 Å². The Labute approximate surface area is 683 Å². The summed E-state index contributed by atoms with van der Waals surface area (Å²) in [5.74, 6) is -14.2. The van der Waals surface area contributed by atoms with Gasteiger partial charge in [-0.2, -0.15) is 0 Å². The van der Waals surface area contributed by atoms with Crippen LogP contribution in [-0.4, -0.2) is 222 Å². The molecule has 1 saturated heterocycles. The molecule has 1 aliphatic rings. The molecule has 3 aromatic carbocycles. The lowest BCUT2D eigenvalue weighted by Crippen LogP contribution is -2.65. The number of unbranched alkanes of at least 4 members (excludes halogenated alkanes) is 2. The van der Waals surface area contributed by atoms with E-state index in [1.807, 2.05) is 0 Å². The number of hydrogen-bond donors (Lipinski definition) is 21. The number of fused-ring (bicyclic) bond motifs is 2. The zero-order valence-corrected chi connectivity index (χ0v) is 67.3. The number of benzene rings is 3. The zero-order chi connectivity index (χ0) is 86.6. The second-order valence-corrected chi connectivity index (χ2v) is 30.0. The predicted molar refractivity (Wildman–Crippen MR) is 434 cm³/mol. The van der Waals surface area contributed by atoms with Crippen molar-refractivity contribution in [1.29, 1.82) is 0 Å². The van der Waals surface area contributed by atoms with E-state index in [1.165, 1.54) is 31.2 Å². The van der Waals surface area contributed by atoms with Crippen molar-refractivity contribution in [3.8, 4) is 5.75 Å². The SMILES string of the molecule is CC[C@H](C)[C@@H]1NC(=O)[C@@H](NCC(C=O)(Cc2c[nH]c3ccccc23)NC(=O)[C@@H](CCCN)NC(=O)CNC(=O)[C@H](CCCN)NC(=O)[C@@H](CCCN)NC(=O)[C@@H](Cc2c[nH]c3ccccc23)NC(=O)[C@@H](Cc2ccc(O)cc2)NC(=O)[C@@H](CC(N)=O)NC(=O)CCCCCC(C)C)[C@@H](C)OC(=O)CNC(=O)CNC(=O)[C@H](CC(N)=O)NC1=O. The number of rotatable bonds is 46. The zero-order valence-electron chi connectivity index (χ0n) is 67.3. The first-order chi connectivity index (χ1) is 56.3. The molecule has 1 fully saturated rings. The fraction of sp³-hybridized carbons (Fsp3) is 0.525. The molecule has 0 aliphatic carbocycles. The molecule has 26 N–H and O–H groups in total. The number of amides is 14. The van der Waals surface area contributed by atoms with Crippen LogP contribution >= 0.6 is 0 Å². The van der Waals surface area contributed by atoms with Crippen LogP contribution in [0.3, 0.4) is 0 Å². The number of aromatic amines is 2. The Morgan fingerprint density at radius 2 is 1.12 bits per heavy atom. The van der Waals surface area contributed by atoms with Crippen LogP contribution in [0.25, 0.3) is 21.8 Å². The molecule has 6 rings (SSSR count). The third-order valence-corrected chi connectivity index (χ3v) is 20.1. The summed E-state index contributed by atoms with van der Waals surface area (Å²) < 4.78 is 5.64. The van der Waals surface area contributed by atoms with E-state index in [9.17, 15) is 77.0 Å². The number of cyclic esters (lactones) is 1. The summed E-state index contributed by atoms with van der Waals surface area (Å²) in [4.78, 5) is 229. The number of aromatic nitrogens is 2. The Bertz CT molecular complexity index is 4290. The molecule has 2 aromatic heterocycles. The minimum atomic E-state index is -2.08. The van der Waals surface area contributed by atoms with E-state index in [4.69, 9.17) is 33.4 Å². The number of aldehydes is 1. The van der Waals surface area contributed by atoms with E-state index in [1.54, 1.807) is 74.8 Å². The van der Waals surface area contributed by atoms with Gasteiger partial charge in [0.15, 0.2) is 0 Å². The highest BCUT2D eigenvalue weighted by atomic mass is 16.5. The van der Waals surface area contributed by atoms with Gasteiger partial charge in [0.1, 0.15) is 84.6 Å². The molecule has 0 radical (unpaired) electrons. The highest BCUT2D eigenvalue weighted by molar-refractivity contribution is 6.00. The van der Waals surface area contributed by atoms with Crippen LogP contribution in [-0.2, 0) is 101 Å². The maximum Gasteiger partial charge on any atom is 0.325 e. The summed E-state index contributed by atoms with van der Waals surface area (Å²) in [7, 11) is 0. The number of nitrogens with one attached hydrogen (secondary N) is 15. The Kier molecular flexibility index (Phi) is 38.6. The molecule has 644 valence electrons. The summed E-state index contributed by atoms with van der Waals surface area (Å²) in [5, 5.41) is 45.3. The van der Waals surface area contributed by atoms with Gasteiger partial charge < -0.3 is 117 Å². The van der Waals surface area contributed by atoms with Gasteiger partial charge in [-0.25, -0.2) is 0 Å². The quantitative estimate of drug-likeness (QED) is 0.0106. The minimum absolute atomic E-state index is 0.00209. The average Bonchev–Trinajstić information content (AvgIpc) is 1.67. The number of ether oxygens (including phenoxy) is 1. The number of phenolic OH excluding ortho intramolecular Hbond substituents is 1. The van der Waals surface area contributed by atoms with E-state index in [2.05, 4.69) is 92.9 Å². The monoisotopic (exact) mass is 1640 g/mol. The summed E-state index contributed by atoms with van der Waals surface area (Å²) in [6.07, 6.45) is 3.39. The summed E-state index contributed by atoms with van der Waals surface area (Å²) in [6, 6.07) is 6.10. The Morgan fingerprint density at radius 3 is 1.69 bits per heavy atom. The first-order valence-corrected chi connectivity index (χ1v) is 39.8. The molecule has 12 atom stereocenters. The summed E-state index contributed by atoms with van der Waals surface area (Å²) >= 11 is 0. The molecule has 0 bridgehead atoms. The predicted octanol–water partition coefficient (Wildman–Crippen LogP) is -2.81. The molecular formula is C80H116N20O18. The van der Waals surface area contributed by atoms with Crippen molar-refractivity contribution in [2.45, 2.75) is 210 Å². The molecule has 118 heavy (non-hydrogen) atoms. The van der Waals surface area contributed by atoms with Crippen LogP contribution in [0.1, 0.15) is 141 Å². The van der Waals surface area contributed by atoms with Gasteiger partial charge >= 0.3 is 5.97 Å². The molecule has 0 saturated carbocycles. The van der Waals surface area contributed by atoms with Crippen LogP contribution in [0, 0.1) is 11.8 Å². The number of H-pyrrole nitrogens is 2. The van der Waals surface area contributed by atoms with Crippen LogP contribution in [0.4, 0.5) is 0 Å². The number of carbonyl (C=O) groups is 16. The molecule has 38 nitrogen and oxygen atoms in total. The van der Waals surface area contributed by atoms with Crippen LogP contribution < -0.4 is 97.8 Å². The number of hydrogen-bond acceptors (Lipinski definition) is 22. The molecule has 5 aromatic rings. The van der Waals surface area contributed by atoms with Gasteiger partial charge in [0.2, 0.25) is 82.7 Å². The second-order valence-electron chi connectivity index (χ2n) is 30.0. The smallest absolute Gasteiger partial charge is 0.325 e. The number of esters is 1. The van der Waals surface area contributed by atoms with Gasteiger partial charge in [-0.05, 0) is 124 Å². The topological polar surface area (TPSA) is 621 Å². The van der Waals surface area contributed by atoms with E-state index in [0.717, 1.165) is 19.3 Å². The van der Waals surface area contributed by atoms with Crippen LogP contribution in [0.15, 0.2) is 85.2 Å². The highest BCUT2D eigenvalue weighted by Crippen LogP contribution is 2.25. The van der Waals surface area contributed by atoms with Gasteiger partial charge in [-0.1, -0.05) is 102 Å². The lowest BCUT2D eigenvalue weighted by Gasteiger charge is -2.35. The third kappa shape index (κ3) is 30.6. The van der Waals surface area contributed by atoms with Crippen molar-refractivity contribution < 1.29 is 86.6 Å². The molecule has 1 aliphatic heterocycles. The molecule has 38 heteroatoms. The molecule has 14 amide bonds. The largest absolute Gasteiger partial charge is 0.508 e. The average molecular weight is 1650 g/mol. The van der Waals surface area contributed by atoms with Gasteiger partial charge in [-0.15, -0.1) is 0 Å². The molecule has 3 heterocycles. The highest BCUT2D eigenvalue weighted by Gasteiger charge is 2.42. The fourth-order valence-corrected chi connectivity index (χ4v) is 13.3. The lowest BCUT2D eigenvalue weighted by molar-refractivity contribution is -0.152. The van der Waals surface area contributed by atoms with Crippen molar-refractivity contribution in [3.05, 3.63) is 102 Å². The number of nitrogens with two attached hydrogens (primary N) is 5. The van der Waals surface area contributed by atoms with Gasteiger partial charge in [0, 0.05) is 66.4 Å². The fourth-order valence-electron chi connectivity index (χ4n) is 13.3. The van der Waals surface area contributed by atoms with Crippen molar-refractivity contribution in [3.63, 3.8) is 0 Å². The summed E-state index contributed by atoms with van der Waals surface area (Å²) in [5.41, 5.74) is 29.6. The lowest BCUT2D eigenvalue weighted by atomic mass is 9.90. The van der Waals surface area contributed by atoms with E-state index in [0.29, 0.717) is 57.1 Å². The molecular weight excluding hydrogens is 1530 g/mol.